The van der Waals surface area contributed by atoms with E-state index in [0.29, 0.717) is 11.2 Å². The zero-order chi connectivity index (χ0) is 12.1. The van der Waals surface area contributed by atoms with Crippen LogP contribution in [0.4, 0.5) is 5.69 Å². The molecule has 1 aromatic rings. The van der Waals surface area contributed by atoms with Gasteiger partial charge in [0.25, 0.3) is 0 Å². The van der Waals surface area contributed by atoms with Crippen LogP contribution in [0.25, 0.3) is 0 Å². The van der Waals surface area contributed by atoms with E-state index >= 15 is 0 Å². The van der Waals surface area contributed by atoms with Crippen molar-refractivity contribution in [2.75, 3.05) is 12.8 Å². The van der Waals surface area contributed by atoms with Gasteiger partial charge in [0.05, 0.1) is 7.11 Å². The Balaban J connectivity index is 2.66. The summed E-state index contributed by atoms with van der Waals surface area (Å²) in [6.07, 6.45) is 0. The molecule has 2 N–H and O–H groups in total. The minimum atomic E-state index is 0.655. The van der Waals surface area contributed by atoms with Crippen molar-refractivity contribution >= 4 is 17.4 Å². The maximum absolute atomic E-state index is 5.72. The van der Waals surface area contributed by atoms with E-state index < -0.39 is 0 Å². The number of hydrogen-bond acceptors (Lipinski definition) is 3. The molecule has 0 saturated heterocycles. The zero-order valence-electron chi connectivity index (χ0n) is 10.5. The van der Waals surface area contributed by atoms with Gasteiger partial charge in [0.15, 0.2) is 0 Å². The van der Waals surface area contributed by atoms with Crippen LogP contribution >= 0.6 is 11.8 Å². The number of rotatable bonds is 5. The number of hydrogen-bond donors (Lipinski definition) is 1. The van der Waals surface area contributed by atoms with E-state index in [1.807, 2.05) is 30.0 Å². The summed E-state index contributed by atoms with van der Waals surface area (Å²) in [5, 5.41) is 0.655. The number of ether oxygens (including phenoxy) is 1. The molecule has 1 unspecified atom stereocenters. The number of thioether (sulfide) groups is 1. The highest BCUT2D eigenvalue weighted by Gasteiger charge is 2.10. The van der Waals surface area contributed by atoms with Gasteiger partial charge >= 0.3 is 0 Å². The highest BCUT2D eigenvalue weighted by Crippen LogP contribution is 2.29. The van der Waals surface area contributed by atoms with E-state index in [2.05, 4.69) is 20.8 Å². The van der Waals surface area contributed by atoms with Gasteiger partial charge in [-0.15, -0.1) is 0 Å². The number of nitrogen functional groups attached to an aromatic ring is 1. The van der Waals surface area contributed by atoms with Crippen LogP contribution in [-0.2, 0) is 5.75 Å². The zero-order valence-corrected chi connectivity index (χ0v) is 11.3. The standard InChI is InChI=1S/C13H21NOS/c1-9(2)10(3)16-8-11-5-6-12(14)7-13(11)15-4/h5-7,9-10H,8,14H2,1-4H3. The van der Waals surface area contributed by atoms with Gasteiger partial charge in [0, 0.05) is 28.3 Å². The van der Waals surface area contributed by atoms with Gasteiger partial charge in [-0.1, -0.05) is 26.8 Å². The molecular formula is C13H21NOS. The van der Waals surface area contributed by atoms with Crippen LogP contribution < -0.4 is 10.5 Å². The molecular weight excluding hydrogens is 218 g/mol. The number of benzene rings is 1. The summed E-state index contributed by atoms with van der Waals surface area (Å²) in [5.74, 6) is 2.57. The van der Waals surface area contributed by atoms with Crippen molar-refractivity contribution in [3.8, 4) is 5.75 Å². The van der Waals surface area contributed by atoms with Crippen LogP contribution in [0.15, 0.2) is 18.2 Å². The molecule has 90 valence electrons. The molecule has 0 heterocycles. The van der Waals surface area contributed by atoms with Crippen molar-refractivity contribution in [1.82, 2.24) is 0 Å². The van der Waals surface area contributed by atoms with Crippen LogP contribution in [0.3, 0.4) is 0 Å². The molecule has 0 aliphatic rings. The highest BCUT2D eigenvalue weighted by atomic mass is 32.2. The van der Waals surface area contributed by atoms with Gasteiger partial charge in [0.2, 0.25) is 0 Å². The number of anilines is 1. The minimum absolute atomic E-state index is 0.655. The van der Waals surface area contributed by atoms with Crippen LogP contribution in [-0.4, -0.2) is 12.4 Å². The first-order valence-electron chi connectivity index (χ1n) is 5.58. The van der Waals surface area contributed by atoms with Crippen molar-refractivity contribution in [1.29, 1.82) is 0 Å². The summed E-state index contributed by atoms with van der Waals surface area (Å²) in [5.41, 5.74) is 7.69. The third-order valence-corrected chi connectivity index (χ3v) is 4.30. The van der Waals surface area contributed by atoms with E-state index in [4.69, 9.17) is 10.5 Å². The van der Waals surface area contributed by atoms with Gasteiger partial charge in [0.1, 0.15) is 5.75 Å². The molecule has 0 fully saturated rings. The largest absolute Gasteiger partial charge is 0.496 e. The first-order valence-corrected chi connectivity index (χ1v) is 6.63. The fourth-order valence-corrected chi connectivity index (χ4v) is 2.36. The Morgan fingerprint density at radius 3 is 2.56 bits per heavy atom. The molecule has 0 aliphatic heterocycles. The molecule has 1 atom stereocenters. The third kappa shape index (κ3) is 3.63. The SMILES string of the molecule is COc1cc(N)ccc1CSC(C)C(C)C. The van der Waals surface area contributed by atoms with Gasteiger partial charge in [-0.2, -0.15) is 11.8 Å². The maximum Gasteiger partial charge on any atom is 0.124 e. The average Bonchev–Trinajstić information content (AvgIpc) is 2.26. The second-order valence-electron chi connectivity index (χ2n) is 4.33. The molecule has 0 spiro atoms. The molecule has 0 amide bonds. The summed E-state index contributed by atoms with van der Waals surface area (Å²) in [6.45, 7) is 6.76. The van der Waals surface area contributed by atoms with Gasteiger partial charge in [-0.25, -0.2) is 0 Å². The topological polar surface area (TPSA) is 35.2 Å². The van der Waals surface area contributed by atoms with Crippen molar-refractivity contribution in [3.63, 3.8) is 0 Å². The Morgan fingerprint density at radius 1 is 1.31 bits per heavy atom. The lowest BCUT2D eigenvalue weighted by Gasteiger charge is -2.16. The lowest BCUT2D eigenvalue weighted by atomic mass is 10.2. The van der Waals surface area contributed by atoms with E-state index in [-0.39, 0.29) is 0 Å². The Hall–Kier alpha value is -0.830. The molecule has 2 nitrogen and oxygen atoms in total. The molecule has 0 aliphatic carbocycles. The average molecular weight is 239 g/mol. The second-order valence-corrected chi connectivity index (χ2v) is 5.70. The van der Waals surface area contributed by atoms with E-state index in [1.54, 1.807) is 7.11 Å². The molecule has 1 rings (SSSR count). The molecule has 0 radical (unpaired) electrons. The predicted molar refractivity (Wildman–Crippen MR) is 73.0 cm³/mol. The van der Waals surface area contributed by atoms with Crippen molar-refractivity contribution in [2.45, 2.75) is 31.8 Å². The van der Waals surface area contributed by atoms with E-state index in [9.17, 15) is 0 Å². The first-order chi connectivity index (χ1) is 7.54. The molecule has 16 heavy (non-hydrogen) atoms. The van der Waals surface area contributed by atoms with Crippen LogP contribution in [0, 0.1) is 5.92 Å². The molecule has 0 saturated carbocycles. The third-order valence-electron chi connectivity index (χ3n) is 2.75. The normalized spacial score (nSPS) is 12.8. The Labute approximate surface area is 103 Å². The highest BCUT2D eigenvalue weighted by molar-refractivity contribution is 7.99. The van der Waals surface area contributed by atoms with E-state index in [1.165, 1.54) is 5.56 Å². The van der Waals surface area contributed by atoms with Crippen molar-refractivity contribution in [3.05, 3.63) is 23.8 Å². The molecule has 0 bridgehead atoms. The first kappa shape index (κ1) is 13.2. The quantitative estimate of drug-likeness (QED) is 0.798. The van der Waals surface area contributed by atoms with Crippen LogP contribution in [0.5, 0.6) is 5.75 Å². The van der Waals surface area contributed by atoms with Gasteiger partial charge in [-0.3, -0.25) is 0 Å². The number of nitrogens with two attached hydrogens (primary N) is 1. The van der Waals surface area contributed by atoms with Crippen molar-refractivity contribution < 1.29 is 4.74 Å². The molecule has 3 heteroatoms. The van der Waals surface area contributed by atoms with Crippen molar-refractivity contribution in [2.24, 2.45) is 5.92 Å². The molecule has 0 aromatic heterocycles. The summed E-state index contributed by atoms with van der Waals surface area (Å²) < 4.78 is 5.33. The lowest BCUT2D eigenvalue weighted by molar-refractivity contribution is 0.411. The summed E-state index contributed by atoms with van der Waals surface area (Å²) >= 11 is 1.95. The smallest absolute Gasteiger partial charge is 0.124 e. The van der Waals surface area contributed by atoms with Gasteiger partial charge in [-0.05, 0) is 12.0 Å². The second kappa shape index (κ2) is 6.04. The number of methoxy groups -OCH3 is 1. The maximum atomic E-state index is 5.72. The molecule has 1 aromatic carbocycles. The van der Waals surface area contributed by atoms with Gasteiger partial charge < -0.3 is 10.5 Å². The Bertz CT molecular complexity index is 339. The summed E-state index contributed by atoms with van der Waals surface area (Å²) in [7, 11) is 1.69. The lowest BCUT2D eigenvalue weighted by Crippen LogP contribution is -2.06. The Kier molecular flexibility index (Phi) is 5.00. The van der Waals surface area contributed by atoms with E-state index in [0.717, 1.165) is 17.2 Å². The summed E-state index contributed by atoms with van der Waals surface area (Å²) in [4.78, 5) is 0. The monoisotopic (exact) mass is 239 g/mol. The van der Waals surface area contributed by atoms with Crippen LogP contribution in [0.1, 0.15) is 26.3 Å². The summed E-state index contributed by atoms with van der Waals surface area (Å²) in [6, 6.07) is 5.86. The van der Waals surface area contributed by atoms with Crippen LogP contribution in [0.2, 0.25) is 0 Å². The minimum Gasteiger partial charge on any atom is -0.496 e. The Morgan fingerprint density at radius 2 is 2.00 bits per heavy atom. The fraction of sp³-hybridized carbons (Fsp3) is 0.538. The predicted octanol–water partition coefficient (Wildman–Crippen LogP) is 3.56. The fourth-order valence-electron chi connectivity index (χ4n) is 1.29.